The fraction of sp³-hybridized carbons (Fsp3) is 0.800. The molecule has 0 bridgehead atoms. The summed E-state index contributed by atoms with van der Waals surface area (Å²) in [4.78, 5) is 0. The molecule has 4 heteroatoms. The first kappa shape index (κ1) is 11.7. The highest BCUT2D eigenvalue weighted by atomic mass is 32.2. The lowest BCUT2D eigenvalue weighted by atomic mass is 10.0. The van der Waals surface area contributed by atoms with Crippen molar-refractivity contribution < 1.29 is 8.42 Å². The molecular weight excluding hydrogens is 198 g/mol. The van der Waals surface area contributed by atoms with E-state index in [1.54, 1.807) is 4.31 Å². The Labute approximate surface area is 86.8 Å². The quantitative estimate of drug-likeness (QED) is 0.674. The van der Waals surface area contributed by atoms with Crippen molar-refractivity contribution in [3.63, 3.8) is 0 Å². The molecule has 1 aliphatic rings. The predicted molar refractivity (Wildman–Crippen MR) is 58.5 cm³/mol. The van der Waals surface area contributed by atoms with E-state index in [2.05, 4.69) is 19.9 Å². The molecule has 0 aromatic rings. The Morgan fingerprint density at radius 1 is 1.50 bits per heavy atom. The van der Waals surface area contributed by atoms with Crippen LogP contribution in [0.15, 0.2) is 12.2 Å². The van der Waals surface area contributed by atoms with Gasteiger partial charge in [-0.25, -0.2) is 8.42 Å². The third-order valence-electron chi connectivity index (χ3n) is 2.38. The molecule has 0 N–H and O–H groups in total. The van der Waals surface area contributed by atoms with Gasteiger partial charge in [-0.3, -0.25) is 0 Å². The van der Waals surface area contributed by atoms with Gasteiger partial charge in [-0.05, 0) is 18.8 Å². The van der Waals surface area contributed by atoms with Crippen LogP contribution in [0.2, 0.25) is 0 Å². The molecule has 0 aromatic heterocycles. The molecule has 1 unspecified atom stereocenters. The van der Waals surface area contributed by atoms with Gasteiger partial charge in [-0.15, -0.1) is 0 Å². The SMILES string of the molecule is CC(C)CC1C=CCCN1S(C)(=O)=O. The second kappa shape index (κ2) is 4.45. The van der Waals surface area contributed by atoms with Crippen molar-refractivity contribution >= 4 is 10.0 Å². The summed E-state index contributed by atoms with van der Waals surface area (Å²) in [6.07, 6.45) is 7.13. The van der Waals surface area contributed by atoms with E-state index >= 15 is 0 Å². The first-order valence-electron chi connectivity index (χ1n) is 5.04. The van der Waals surface area contributed by atoms with Crippen molar-refractivity contribution in [2.45, 2.75) is 32.7 Å². The van der Waals surface area contributed by atoms with Gasteiger partial charge in [0.25, 0.3) is 0 Å². The van der Waals surface area contributed by atoms with E-state index in [4.69, 9.17) is 0 Å². The molecule has 1 atom stereocenters. The number of hydrogen-bond donors (Lipinski definition) is 0. The van der Waals surface area contributed by atoms with E-state index in [1.807, 2.05) is 6.08 Å². The molecular formula is C10H19NO2S. The maximum Gasteiger partial charge on any atom is 0.211 e. The monoisotopic (exact) mass is 217 g/mol. The Bertz CT molecular complexity index is 306. The molecule has 3 nitrogen and oxygen atoms in total. The Morgan fingerprint density at radius 2 is 2.14 bits per heavy atom. The number of nitrogens with zero attached hydrogens (tertiary/aromatic N) is 1. The summed E-state index contributed by atoms with van der Waals surface area (Å²) in [5.41, 5.74) is 0. The van der Waals surface area contributed by atoms with Crippen LogP contribution in [0.1, 0.15) is 26.7 Å². The normalized spacial score (nSPS) is 24.4. The van der Waals surface area contributed by atoms with Crippen molar-refractivity contribution in [3.05, 3.63) is 12.2 Å². The van der Waals surface area contributed by atoms with Gasteiger partial charge in [-0.1, -0.05) is 26.0 Å². The Balaban J connectivity index is 2.78. The summed E-state index contributed by atoms with van der Waals surface area (Å²) in [6, 6.07) is 0.0683. The Hall–Kier alpha value is -0.350. The van der Waals surface area contributed by atoms with E-state index in [0.717, 1.165) is 12.8 Å². The lowest BCUT2D eigenvalue weighted by Gasteiger charge is -2.31. The molecule has 0 saturated heterocycles. The Morgan fingerprint density at radius 3 is 2.64 bits per heavy atom. The standard InChI is InChI=1S/C10H19NO2S/c1-9(2)8-10-6-4-5-7-11(10)14(3,12)13/h4,6,9-10H,5,7-8H2,1-3H3. The molecule has 1 rings (SSSR count). The third-order valence-corrected chi connectivity index (χ3v) is 3.69. The van der Waals surface area contributed by atoms with Crippen LogP contribution in [0.5, 0.6) is 0 Å². The molecule has 0 saturated carbocycles. The lowest BCUT2D eigenvalue weighted by Crippen LogP contribution is -2.41. The molecule has 1 aliphatic heterocycles. The van der Waals surface area contributed by atoms with Crippen molar-refractivity contribution in [1.82, 2.24) is 4.31 Å². The molecule has 82 valence electrons. The van der Waals surface area contributed by atoms with Gasteiger partial charge >= 0.3 is 0 Å². The van der Waals surface area contributed by atoms with Crippen molar-refractivity contribution in [3.8, 4) is 0 Å². The van der Waals surface area contributed by atoms with Gasteiger partial charge in [0.1, 0.15) is 0 Å². The largest absolute Gasteiger partial charge is 0.212 e. The molecule has 14 heavy (non-hydrogen) atoms. The number of hydrogen-bond acceptors (Lipinski definition) is 2. The van der Waals surface area contributed by atoms with Crippen LogP contribution in [0.4, 0.5) is 0 Å². The fourth-order valence-corrected chi connectivity index (χ4v) is 2.89. The van der Waals surface area contributed by atoms with Crippen molar-refractivity contribution in [2.75, 3.05) is 12.8 Å². The van der Waals surface area contributed by atoms with Crippen LogP contribution in [0, 0.1) is 5.92 Å². The summed E-state index contributed by atoms with van der Waals surface area (Å²) in [6.45, 7) is 4.86. The van der Waals surface area contributed by atoms with E-state index in [-0.39, 0.29) is 6.04 Å². The molecule has 0 aliphatic carbocycles. The van der Waals surface area contributed by atoms with Crippen molar-refractivity contribution in [1.29, 1.82) is 0 Å². The third kappa shape index (κ3) is 3.10. The summed E-state index contributed by atoms with van der Waals surface area (Å²) in [5.74, 6) is 0.520. The minimum atomic E-state index is -3.04. The zero-order valence-corrected chi connectivity index (χ0v) is 9.92. The molecule has 0 fully saturated rings. The second-order valence-electron chi connectivity index (χ2n) is 4.29. The van der Waals surface area contributed by atoms with Gasteiger partial charge in [-0.2, -0.15) is 4.31 Å². The van der Waals surface area contributed by atoms with Gasteiger partial charge in [0.05, 0.1) is 6.26 Å². The molecule has 1 heterocycles. The average Bonchev–Trinajstić information content (AvgIpc) is 2.01. The maximum absolute atomic E-state index is 11.5. The maximum atomic E-state index is 11.5. The Kier molecular flexibility index (Phi) is 3.72. The number of rotatable bonds is 3. The van der Waals surface area contributed by atoms with Crippen LogP contribution in [-0.2, 0) is 10.0 Å². The van der Waals surface area contributed by atoms with Gasteiger partial charge in [0.2, 0.25) is 10.0 Å². The van der Waals surface area contributed by atoms with Crippen molar-refractivity contribution in [2.24, 2.45) is 5.92 Å². The molecule has 0 aromatic carbocycles. The van der Waals surface area contributed by atoms with E-state index < -0.39 is 10.0 Å². The topological polar surface area (TPSA) is 37.4 Å². The van der Waals surface area contributed by atoms with Crippen LogP contribution < -0.4 is 0 Å². The fourth-order valence-electron chi connectivity index (χ4n) is 1.81. The summed E-state index contributed by atoms with van der Waals surface area (Å²) < 4.78 is 24.5. The van der Waals surface area contributed by atoms with Crippen LogP contribution in [-0.4, -0.2) is 31.6 Å². The second-order valence-corrected chi connectivity index (χ2v) is 6.22. The smallest absolute Gasteiger partial charge is 0.211 e. The van der Waals surface area contributed by atoms with Gasteiger partial charge < -0.3 is 0 Å². The zero-order chi connectivity index (χ0) is 10.8. The highest BCUT2D eigenvalue weighted by Gasteiger charge is 2.26. The van der Waals surface area contributed by atoms with Crippen LogP contribution in [0.3, 0.4) is 0 Å². The number of sulfonamides is 1. The molecule has 0 spiro atoms. The lowest BCUT2D eigenvalue weighted by molar-refractivity contribution is 0.317. The average molecular weight is 217 g/mol. The van der Waals surface area contributed by atoms with E-state index in [0.29, 0.717) is 12.5 Å². The highest BCUT2D eigenvalue weighted by molar-refractivity contribution is 7.88. The summed E-state index contributed by atoms with van der Waals surface area (Å²) >= 11 is 0. The highest BCUT2D eigenvalue weighted by Crippen LogP contribution is 2.19. The molecule has 0 amide bonds. The van der Waals surface area contributed by atoms with Crippen LogP contribution >= 0.6 is 0 Å². The predicted octanol–water partition coefficient (Wildman–Crippen LogP) is 1.62. The van der Waals surface area contributed by atoms with Gasteiger partial charge in [0, 0.05) is 12.6 Å². The summed E-state index contributed by atoms with van der Waals surface area (Å²) in [5, 5.41) is 0. The summed E-state index contributed by atoms with van der Waals surface area (Å²) in [7, 11) is -3.04. The zero-order valence-electron chi connectivity index (χ0n) is 9.10. The first-order valence-corrected chi connectivity index (χ1v) is 6.89. The first-order chi connectivity index (χ1) is 6.41. The van der Waals surface area contributed by atoms with Gasteiger partial charge in [0.15, 0.2) is 0 Å². The van der Waals surface area contributed by atoms with E-state index in [9.17, 15) is 8.42 Å². The minimum absolute atomic E-state index is 0.0683. The van der Waals surface area contributed by atoms with Crippen LogP contribution in [0.25, 0.3) is 0 Å². The minimum Gasteiger partial charge on any atom is -0.212 e. The molecule has 0 radical (unpaired) electrons. The van der Waals surface area contributed by atoms with E-state index in [1.165, 1.54) is 6.26 Å².